The molecule has 0 spiro atoms. The molecule has 0 aromatic carbocycles. The molecule has 1 aliphatic rings. The fourth-order valence-corrected chi connectivity index (χ4v) is 2.28. The van der Waals surface area contributed by atoms with Gasteiger partial charge in [-0.25, -0.2) is 0 Å². The number of hydrogen-bond donors (Lipinski definition) is 0. The molecule has 1 aromatic rings. The Morgan fingerprint density at radius 3 is 2.94 bits per heavy atom. The highest BCUT2D eigenvalue weighted by molar-refractivity contribution is 8.13. The highest BCUT2D eigenvalue weighted by Crippen LogP contribution is 2.29. The molecular formula is C10H14N2O3S. The Morgan fingerprint density at radius 1 is 1.56 bits per heavy atom. The average Bonchev–Trinajstić information content (AvgIpc) is 2.81. The van der Waals surface area contributed by atoms with Crippen LogP contribution in [-0.4, -0.2) is 22.9 Å². The molecular weight excluding hydrogens is 228 g/mol. The van der Waals surface area contributed by atoms with E-state index in [0.29, 0.717) is 11.6 Å². The normalized spacial score (nSPS) is 18.1. The minimum atomic E-state index is -0.179. The summed E-state index contributed by atoms with van der Waals surface area (Å²) in [6, 6.07) is 1.77. The summed E-state index contributed by atoms with van der Waals surface area (Å²) in [5.41, 5.74) is -0.179. The van der Waals surface area contributed by atoms with Crippen molar-refractivity contribution in [3.05, 3.63) is 11.8 Å². The van der Waals surface area contributed by atoms with Gasteiger partial charge in [0, 0.05) is 12.5 Å². The van der Waals surface area contributed by atoms with E-state index in [0.717, 1.165) is 17.2 Å². The molecule has 0 bridgehead atoms. The Hall–Kier alpha value is -1.17. The predicted octanol–water partition coefficient (Wildman–Crippen LogP) is 2.43. The van der Waals surface area contributed by atoms with Gasteiger partial charge in [-0.15, -0.1) is 0 Å². The molecule has 0 saturated heterocycles. The summed E-state index contributed by atoms with van der Waals surface area (Å²) in [6.07, 6.45) is 0.836. The zero-order valence-electron chi connectivity index (χ0n) is 9.52. The molecule has 1 aliphatic heterocycles. The largest absolute Gasteiger partial charge is 0.479 e. The topological polar surface area (TPSA) is 56.9 Å². The monoisotopic (exact) mass is 242 g/mol. The maximum atomic E-state index is 5.26. The first-order chi connectivity index (χ1) is 7.59. The molecule has 6 heteroatoms. The Kier molecular flexibility index (Phi) is 3.09. The summed E-state index contributed by atoms with van der Waals surface area (Å²) in [5, 5.41) is 8.73. The second-order valence-corrected chi connectivity index (χ2v) is 5.19. The number of aromatic nitrogens is 1. The fourth-order valence-electron chi connectivity index (χ4n) is 1.29. The maximum absolute atomic E-state index is 5.26. The van der Waals surface area contributed by atoms with Crippen molar-refractivity contribution >= 4 is 16.8 Å². The Balaban J connectivity index is 1.84. The second kappa shape index (κ2) is 4.37. The van der Waals surface area contributed by atoms with Gasteiger partial charge in [0.2, 0.25) is 0 Å². The number of hydrogen-bond acceptors (Lipinski definition) is 6. The molecule has 0 unspecified atom stereocenters. The van der Waals surface area contributed by atoms with Gasteiger partial charge in [0.1, 0.15) is 10.6 Å². The number of rotatable bonds is 3. The van der Waals surface area contributed by atoms with Crippen molar-refractivity contribution in [2.45, 2.75) is 31.6 Å². The lowest BCUT2D eigenvalue weighted by Gasteiger charge is -2.12. The molecule has 1 aromatic heterocycles. The first-order valence-electron chi connectivity index (χ1n) is 4.96. The molecule has 0 radical (unpaired) electrons. The van der Waals surface area contributed by atoms with Crippen LogP contribution in [0, 0.1) is 0 Å². The van der Waals surface area contributed by atoms with E-state index in [2.05, 4.69) is 10.3 Å². The van der Waals surface area contributed by atoms with Crippen molar-refractivity contribution < 1.29 is 14.1 Å². The van der Waals surface area contributed by atoms with Crippen LogP contribution in [0.4, 0.5) is 0 Å². The van der Waals surface area contributed by atoms with Gasteiger partial charge in [0.25, 0.3) is 5.88 Å². The summed E-state index contributed by atoms with van der Waals surface area (Å²) < 4.78 is 10.0. The van der Waals surface area contributed by atoms with Crippen LogP contribution in [0.2, 0.25) is 0 Å². The Bertz CT molecular complexity index is 401. The van der Waals surface area contributed by atoms with E-state index in [-0.39, 0.29) is 5.60 Å². The number of oxime groups is 1. The Morgan fingerprint density at radius 2 is 2.38 bits per heavy atom. The van der Waals surface area contributed by atoms with Gasteiger partial charge < -0.3 is 14.1 Å². The third kappa shape index (κ3) is 2.69. The fraction of sp³-hybridized carbons (Fsp3) is 0.600. The lowest BCUT2D eigenvalue weighted by atomic mass is 10.1. The van der Waals surface area contributed by atoms with E-state index in [9.17, 15) is 0 Å². The quantitative estimate of drug-likeness (QED) is 0.814. The SMILES string of the molecule is COc1cc(CSC2=NOC(C)(C)C2)on1. The van der Waals surface area contributed by atoms with Gasteiger partial charge >= 0.3 is 0 Å². The van der Waals surface area contributed by atoms with Gasteiger partial charge in [-0.05, 0) is 19.0 Å². The molecule has 0 atom stereocenters. The zero-order valence-corrected chi connectivity index (χ0v) is 10.3. The van der Waals surface area contributed by atoms with Gasteiger partial charge in [-0.2, -0.15) is 0 Å². The van der Waals surface area contributed by atoms with Crippen LogP contribution in [0.1, 0.15) is 26.0 Å². The highest BCUT2D eigenvalue weighted by atomic mass is 32.2. The smallest absolute Gasteiger partial charge is 0.254 e. The first kappa shape index (κ1) is 11.3. The van der Waals surface area contributed by atoms with Crippen LogP contribution >= 0.6 is 11.8 Å². The van der Waals surface area contributed by atoms with Gasteiger partial charge in [-0.3, -0.25) is 0 Å². The molecule has 88 valence electrons. The van der Waals surface area contributed by atoms with Crippen molar-refractivity contribution in [2.75, 3.05) is 7.11 Å². The van der Waals surface area contributed by atoms with Crippen molar-refractivity contribution in [3.8, 4) is 5.88 Å². The van der Waals surface area contributed by atoms with Crippen molar-refractivity contribution in [1.82, 2.24) is 5.16 Å². The molecule has 16 heavy (non-hydrogen) atoms. The summed E-state index contributed by atoms with van der Waals surface area (Å²) in [7, 11) is 1.56. The number of methoxy groups -OCH3 is 1. The van der Waals surface area contributed by atoms with Gasteiger partial charge in [0.15, 0.2) is 5.76 Å². The molecule has 0 fully saturated rings. The average molecular weight is 242 g/mol. The van der Waals surface area contributed by atoms with Crippen LogP contribution in [-0.2, 0) is 10.6 Å². The maximum Gasteiger partial charge on any atom is 0.254 e. The van der Waals surface area contributed by atoms with Gasteiger partial charge in [-0.1, -0.05) is 16.9 Å². The third-order valence-corrected chi connectivity index (χ3v) is 3.08. The van der Waals surface area contributed by atoms with E-state index in [1.54, 1.807) is 24.9 Å². The van der Waals surface area contributed by atoms with Crippen molar-refractivity contribution in [2.24, 2.45) is 5.16 Å². The van der Waals surface area contributed by atoms with Crippen LogP contribution in [0.5, 0.6) is 5.88 Å². The molecule has 2 rings (SSSR count). The minimum Gasteiger partial charge on any atom is -0.479 e. The third-order valence-electron chi connectivity index (χ3n) is 2.10. The summed E-state index contributed by atoms with van der Waals surface area (Å²) in [6.45, 7) is 4.03. The number of thioether (sulfide) groups is 1. The van der Waals surface area contributed by atoms with E-state index < -0.39 is 0 Å². The van der Waals surface area contributed by atoms with E-state index in [4.69, 9.17) is 14.1 Å². The standard InChI is InChI=1S/C10H14N2O3S/c1-10(2)5-9(12-15-10)16-6-7-4-8(13-3)11-14-7/h4H,5-6H2,1-3H3. The summed E-state index contributed by atoms with van der Waals surface area (Å²) in [5.74, 6) is 1.96. The summed E-state index contributed by atoms with van der Waals surface area (Å²) >= 11 is 1.60. The molecule has 5 nitrogen and oxygen atoms in total. The van der Waals surface area contributed by atoms with Crippen LogP contribution in [0.3, 0.4) is 0 Å². The Labute approximate surface area is 98.1 Å². The molecule has 0 saturated carbocycles. The second-order valence-electron chi connectivity index (χ2n) is 4.14. The first-order valence-corrected chi connectivity index (χ1v) is 5.95. The molecule has 0 amide bonds. The summed E-state index contributed by atoms with van der Waals surface area (Å²) in [4.78, 5) is 5.26. The van der Waals surface area contributed by atoms with Crippen LogP contribution in [0.25, 0.3) is 0 Å². The molecule has 0 aliphatic carbocycles. The highest BCUT2D eigenvalue weighted by Gasteiger charge is 2.29. The number of ether oxygens (including phenoxy) is 1. The van der Waals surface area contributed by atoms with E-state index in [1.807, 2.05) is 13.8 Å². The lowest BCUT2D eigenvalue weighted by molar-refractivity contribution is 0.0123. The molecule has 0 N–H and O–H groups in total. The van der Waals surface area contributed by atoms with Gasteiger partial charge in [0.05, 0.1) is 12.9 Å². The van der Waals surface area contributed by atoms with E-state index >= 15 is 0 Å². The van der Waals surface area contributed by atoms with Crippen LogP contribution < -0.4 is 4.74 Å². The van der Waals surface area contributed by atoms with Crippen molar-refractivity contribution in [1.29, 1.82) is 0 Å². The van der Waals surface area contributed by atoms with E-state index in [1.165, 1.54) is 0 Å². The lowest BCUT2D eigenvalue weighted by Crippen LogP contribution is -2.18. The minimum absolute atomic E-state index is 0.179. The molecule has 2 heterocycles. The number of nitrogens with zero attached hydrogens (tertiary/aromatic N) is 2. The predicted molar refractivity (Wildman–Crippen MR) is 61.6 cm³/mol. The van der Waals surface area contributed by atoms with Crippen molar-refractivity contribution in [3.63, 3.8) is 0 Å². The zero-order chi connectivity index (χ0) is 11.6. The van der Waals surface area contributed by atoms with Crippen LogP contribution in [0.15, 0.2) is 15.7 Å².